The first-order valence-electron chi connectivity index (χ1n) is 15.7. The lowest BCUT2D eigenvalue weighted by atomic mass is 9.31. The molecule has 0 N–H and O–H groups in total. The molecular weight excluding hydrogens is 534 g/mol. The highest BCUT2D eigenvalue weighted by Gasteiger charge is 2.39. The molecule has 1 aromatic carbocycles. The molecule has 2 aliphatic carbocycles. The van der Waals surface area contributed by atoms with Crippen LogP contribution < -0.4 is 15.0 Å². The third kappa shape index (κ3) is 7.13. The first kappa shape index (κ1) is 32.7. The summed E-state index contributed by atoms with van der Waals surface area (Å²) in [5, 5.41) is 0. The molecule has 0 fully saturated rings. The van der Waals surface area contributed by atoms with Gasteiger partial charge in [-0.15, -0.1) is 0 Å². The number of rotatable bonds is 8. The van der Waals surface area contributed by atoms with Crippen molar-refractivity contribution in [3.8, 4) is 11.8 Å². The van der Waals surface area contributed by atoms with Crippen LogP contribution in [0.1, 0.15) is 72.1 Å². The monoisotopic (exact) mass is 582 g/mol. The number of benzene rings is 1. The average Bonchev–Trinajstić information content (AvgIpc) is 3.32. The topological polar surface area (TPSA) is 0 Å². The maximum atomic E-state index is 4.01. The molecule has 0 saturated heterocycles. The van der Waals surface area contributed by atoms with Gasteiger partial charge in [-0.1, -0.05) is 142 Å². The molecule has 3 heteroatoms. The molecule has 1 aromatic heterocycles. The molecule has 1 heterocycles. The van der Waals surface area contributed by atoms with Crippen molar-refractivity contribution in [1.82, 2.24) is 0 Å². The quantitative estimate of drug-likeness (QED) is 0.165. The van der Waals surface area contributed by atoms with E-state index in [0.717, 1.165) is 0 Å². The number of thiophene rings is 1. The predicted octanol–water partition coefficient (Wildman–Crippen LogP) is 9.18. The SMILES string of the molecule is C=C/C(C)=C\C(C)=C(/C)B(c1ccc(B(c2c(C)cc(C)cc2C)C2C#CC=C(C)C=C2C)s1)C1C(C)=CC(C)=CC1C. The first-order chi connectivity index (χ1) is 20.3. The molecule has 2 aromatic rings. The van der Waals surface area contributed by atoms with E-state index in [4.69, 9.17) is 0 Å². The van der Waals surface area contributed by atoms with Gasteiger partial charge >= 0.3 is 0 Å². The van der Waals surface area contributed by atoms with Crippen LogP contribution in [-0.2, 0) is 0 Å². The molecule has 0 amide bonds. The van der Waals surface area contributed by atoms with Crippen LogP contribution in [0.4, 0.5) is 0 Å². The van der Waals surface area contributed by atoms with E-state index in [9.17, 15) is 0 Å². The van der Waals surface area contributed by atoms with Crippen LogP contribution in [0.5, 0.6) is 0 Å². The second kappa shape index (κ2) is 13.6. The maximum Gasteiger partial charge on any atom is 0.242 e. The van der Waals surface area contributed by atoms with Gasteiger partial charge in [0, 0.05) is 5.82 Å². The van der Waals surface area contributed by atoms with Gasteiger partial charge in [0.05, 0.1) is 0 Å². The molecule has 0 nitrogen and oxygen atoms in total. The molecular formula is C40H48B2S. The van der Waals surface area contributed by atoms with Crippen molar-refractivity contribution in [2.24, 2.45) is 5.92 Å². The Morgan fingerprint density at radius 3 is 2.14 bits per heavy atom. The van der Waals surface area contributed by atoms with Crippen LogP contribution >= 0.6 is 11.3 Å². The van der Waals surface area contributed by atoms with Gasteiger partial charge in [-0.05, 0) is 95.3 Å². The average molecular weight is 583 g/mol. The zero-order valence-corrected chi connectivity index (χ0v) is 29.1. The molecule has 0 aliphatic heterocycles. The Kier molecular flexibility index (Phi) is 10.4. The molecule has 0 radical (unpaired) electrons. The summed E-state index contributed by atoms with van der Waals surface area (Å²) in [6, 6.07) is 9.53. The van der Waals surface area contributed by atoms with E-state index in [-0.39, 0.29) is 12.5 Å². The molecule has 0 bridgehead atoms. The van der Waals surface area contributed by atoms with Crippen molar-refractivity contribution < 1.29 is 0 Å². The van der Waals surface area contributed by atoms with Crippen LogP contribution in [0.25, 0.3) is 0 Å². The van der Waals surface area contributed by atoms with Crippen LogP contribution in [0.2, 0.25) is 11.6 Å². The molecule has 43 heavy (non-hydrogen) atoms. The molecule has 2 aliphatic rings. The third-order valence-corrected chi connectivity index (χ3v) is 10.7. The smallest absolute Gasteiger partial charge is 0.164 e. The Labute approximate surface area is 267 Å². The molecule has 0 spiro atoms. The predicted molar refractivity (Wildman–Crippen MR) is 197 cm³/mol. The Balaban J connectivity index is 1.94. The lowest BCUT2D eigenvalue weighted by Crippen LogP contribution is -2.48. The van der Waals surface area contributed by atoms with E-state index in [2.05, 4.69) is 149 Å². The van der Waals surface area contributed by atoms with Gasteiger partial charge in [-0.25, -0.2) is 0 Å². The molecule has 220 valence electrons. The third-order valence-electron chi connectivity index (χ3n) is 9.41. The molecule has 0 saturated carbocycles. The zero-order chi connectivity index (χ0) is 31.6. The van der Waals surface area contributed by atoms with Gasteiger partial charge in [0.2, 0.25) is 13.4 Å². The normalized spacial score (nSPS) is 20.9. The number of aryl methyl sites for hydroxylation is 3. The number of hydrogen-bond donors (Lipinski definition) is 0. The summed E-state index contributed by atoms with van der Waals surface area (Å²) in [5.41, 5.74) is 14.8. The van der Waals surface area contributed by atoms with Crippen LogP contribution in [-0.4, -0.2) is 13.4 Å². The minimum Gasteiger partial charge on any atom is -0.164 e. The minimum absolute atomic E-state index is 0.121. The number of allylic oxidation sites excluding steroid dienone is 13. The van der Waals surface area contributed by atoms with Crippen molar-refractivity contribution in [3.63, 3.8) is 0 Å². The van der Waals surface area contributed by atoms with E-state index in [1.165, 1.54) is 70.6 Å². The fraction of sp³-hybridized carbons (Fsp3) is 0.350. The Morgan fingerprint density at radius 1 is 0.884 bits per heavy atom. The summed E-state index contributed by atoms with van der Waals surface area (Å²) in [7, 11) is 0. The molecule has 4 rings (SSSR count). The van der Waals surface area contributed by atoms with Crippen molar-refractivity contribution >= 4 is 39.8 Å². The Morgan fingerprint density at radius 2 is 1.51 bits per heavy atom. The van der Waals surface area contributed by atoms with E-state index >= 15 is 0 Å². The summed E-state index contributed by atoms with van der Waals surface area (Å²) in [6.07, 6.45) is 13.5. The van der Waals surface area contributed by atoms with E-state index in [1.54, 1.807) is 0 Å². The highest BCUT2D eigenvalue weighted by atomic mass is 32.1. The standard InChI is InChI=1S/C40H48B2S/c1-13-25(2)19-29(6)35(12)41(39-31(8)21-27(4)22-32(39)9)37-17-18-38(43-37)42(36-16-14-15-26(3)20-30(36)7)40-33(10)23-28(5)24-34(40)11/h13,15,17-24,31,36,39H,1H2,2-12H3/b25-19-,35-29+. The van der Waals surface area contributed by atoms with Crippen LogP contribution in [0.3, 0.4) is 0 Å². The highest BCUT2D eigenvalue weighted by molar-refractivity contribution is 7.33. The van der Waals surface area contributed by atoms with Gasteiger partial charge in [0.25, 0.3) is 0 Å². The summed E-state index contributed by atoms with van der Waals surface area (Å²) in [4.78, 5) is 0. The van der Waals surface area contributed by atoms with Crippen molar-refractivity contribution in [1.29, 1.82) is 0 Å². The molecule has 3 atom stereocenters. The maximum absolute atomic E-state index is 4.01. The highest BCUT2D eigenvalue weighted by Crippen LogP contribution is 2.39. The fourth-order valence-corrected chi connectivity index (χ4v) is 8.85. The van der Waals surface area contributed by atoms with Crippen molar-refractivity contribution in [2.75, 3.05) is 0 Å². The van der Waals surface area contributed by atoms with Crippen LogP contribution in [0.15, 0.2) is 106 Å². The zero-order valence-electron chi connectivity index (χ0n) is 28.3. The van der Waals surface area contributed by atoms with Crippen molar-refractivity contribution in [3.05, 3.63) is 123 Å². The van der Waals surface area contributed by atoms with Crippen LogP contribution in [0, 0.1) is 38.5 Å². The van der Waals surface area contributed by atoms with Gasteiger partial charge < -0.3 is 0 Å². The second-order valence-corrected chi connectivity index (χ2v) is 14.3. The van der Waals surface area contributed by atoms with E-state index in [1.807, 2.05) is 17.4 Å². The van der Waals surface area contributed by atoms with Gasteiger partial charge in [0.15, 0.2) is 0 Å². The minimum atomic E-state index is 0.121. The Hall–Kier alpha value is -3.21. The van der Waals surface area contributed by atoms with Crippen molar-refractivity contribution in [2.45, 2.75) is 87.8 Å². The summed E-state index contributed by atoms with van der Waals surface area (Å²) in [5.74, 6) is 8.08. The van der Waals surface area contributed by atoms with Gasteiger partial charge in [0.1, 0.15) is 0 Å². The van der Waals surface area contributed by atoms with E-state index in [0.29, 0.717) is 18.4 Å². The summed E-state index contributed by atoms with van der Waals surface area (Å²) in [6.45, 7) is 29.4. The lowest BCUT2D eigenvalue weighted by Gasteiger charge is -2.33. The summed E-state index contributed by atoms with van der Waals surface area (Å²) >= 11 is 2.00. The largest absolute Gasteiger partial charge is 0.242 e. The first-order valence-corrected chi connectivity index (χ1v) is 16.5. The van der Waals surface area contributed by atoms with Gasteiger partial charge in [-0.3, -0.25) is 0 Å². The summed E-state index contributed by atoms with van der Waals surface area (Å²) < 4.78 is 2.85. The molecule has 3 unspecified atom stereocenters. The van der Waals surface area contributed by atoms with E-state index < -0.39 is 0 Å². The second-order valence-electron chi connectivity index (χ2n) is 13.2. The number of hydrogen-bond acceptors (Lipinski definition) is 1. The van der Waals surface area contributed by atoms with Gasteiger partial charge in [-0.2, -0.15) is 11.3 Å². The Bertz CT molecular complexity index is 1650. The lowest BCUT2D eigenvalue weighted by molar-refractivity contribution is 0.688. The fourth-order valence-electron chi connectivity index (χ4n) is 7.48.